The number of sulfonamides is 1. The molecular weight excluding hydrogens is 276 g/mol. The SMILES string of the molecule is Cc1ccccc1S(=O)(=O)NCCCC(=O)NC1CC1. The van der Waals surface area contributed by atoms with E-state index in [9.17, 15) is 13.2 Å². The lowest BCUT2D eigenvalue weighted by Gasteiger charge is -2.09. The monoisotopic (exact) mass is 296 g/mol. The van der Waals surface area contributed by atoms with Gasteiger partial charge in [0.25, 0.3) is 0 Å². The second-order valence-corrected chi connectivity index (χ2v) is 6.84. The van der Waals surface area contributed by atoms with Crippen molar-refractivity contribution in [1.29, 1.82) is 0 Å². The van der Waals surface area contributed by atoms with Crippen LogP contribution in [0, 0.1) is 6.92 Å². The minimum atomic E-state index is -3.48. The van der Waals surface area contributed by atoms with Gasteiger partial charge in [-0.15, -0.1) is 0 Å². The molecule has 2 rings (SSSR count). The maximum absolute atomic E-state index is 12.1. The summed E-state index contributed by atoms with van der Waals surface area (Å²) in [5, 5.41) is 2.88. The van der Waals surface area contributed by atoms with Gasteiger partial charge < -0.3 is 5.32 Å². The molecule has 0 atom stereocenters. The van der Waals surface area contributed by atoms with Crippen molar-refractivity contribution in [1.82, 2.24) is 10.0 Å². The van der Waals surface area contributed by atoms with Gasteiger partial charge in [-0.1, -0.05) is 18.2 Å². The van der Waals surface area contributed by atoms with Crippen LogP contribution in [0.1, 0.15) is 31.2 Å². The molecule has 0 aromatic heterocycles. The van der Waals surface area contributed by atoms with Crippen molar-refractivity contribution in [3.63, 3.8) is 0 Å². The molecule has 2 N–H and O–H groups in total. The highest BCUT2D eigenvalue weighted by molar-refractivity contribution is 7.89. The number of aryl methyl sites for hydroxylation is 1. The third-order valence-corrected chi connectivity index (χ3v) is 4.82. The summed E-state index contributed by atoms with van der Waals surface area (Å²) in [4.78, 5) is 11.7. The summed E-state index contributed by atoms with van der Waals surface area (Å²) in [6, 6.07) is 7.20. The van der Waals surface area contributed by atoms with Gasteiger partial charge in [0.15, 0.2) is 0 Å². The van der Waals surface area contributed by atoms with E-state index in [1.165, 1.54) is 0 Å². The summed E-state index contributed by atoms with van der Waals surface area (Å²) in [6.45, 7) is 2.03. The molecule has 0 unspecified atom stereocenters. The van der Waals surface area contributed by atoms with Crippen molar-refractivity contribution in [3.05, 3.63) is 29.8 Å². The Morgan fingerprint density at radius 1 is 1.30 bits per heavy atom. The van der Waals surface area contributed by atoms with Crippen LogP contribution in [0.15, 0.2) is 29.2 Å². The highest BCUT2D eigenvalue weighted by Gasteiger charge is 2.23. The lowest BCUT2D eigenvalue weighted by Crippen LogP contribution is -2.28. The molecule has 20 heavy (non-hydrogen) atoms. The van der Waals surface area contributed by atoms with Crippen molar-refractivity contribution in [2.24, 2.45) is 0 Å². The molecule has 110 valence electrons. The smallest absolute Gasteiger partial charge is 0.240 e. The quantitative estimate of drug-likeness (QED) is 0.745. The molecule has 1 aliphatic carbocycles. The molecule has 1 amide bonds. The maximum Gasteiger partial charge on any atom is 0.240 e. The lowest BCUT2D eigenvalue weighted by atomic mass is 10.2. The third kappa shape index (κ3) is 4.31. The van der Waals surface area contributed by atoms with Crippen LogP contribution in [-0.2, 0) is 14.8 Å². The molecule has 0 aliphatic heterocycles. The minimum Gasteiger partial charge on any atom is -0.353 e. The molecule has 1 aromatic carbocycles. The van der Waals surface area contributed by atoms with Gasteiger partial charge in [0.1, 0.15) is 0 Å². The normalized spacial score (nSPS) is 15.1. The van der Waals surface area contributed by atoms with Gasteiger partial charge in [-0.25, -0.2) is 13.1 Å². The van der Waals surface area contributed by atoms with Crippen LogP contribution in [-0.4, -0.2) is 26.9 Å². The Hall–Kier alpha value is -1.40. The molecule has 5 nitrogen and oxygen atoms in total. The van der Waals surface area contributed by atoms with E-state index in [1.807, 2.05) is 0 Å². The van der Waals surface area contributed by atoms with E-state index in [0.29, 0.717) is 29.3 Å². The second-order valence-electron chi connectivity index (χ2n) is 5.11. The summed E-state index contributed by atoms with van der Waals surface area (Å²) < 4.78 is 26.7. The Kier molecular flexibility index (Phi) is 4.77. The number of hydrogen-bond acceptors (Lipinski definition) is 3. The van der Waals surface area contributed by atoms with Gasteiger partial charge in [-0.3, -0.25) is 4.79 Å². The fourth-order valence-corrected chi connectivity index (χ4v) is 3.24. The molecule has 1 aliphatic rings. The maximum atomic E-state index is 12.1. The van der Waals surface area contributed by atoms with Crippen LogP contribution in [0.3, 0.4) is 0 Å². The summed E-state index contributed by atoms with van der Waals surface area (Å²) >= 11 is 0. The molecule has 6 heteroatoms. The standard InChI is InChI=1S/C14H20N2O3S/c1-11-5-2-3-6-13(11)20(18,19)15-10-4-7-14(17)16-12-8-9-12/h2-3,5-6,12,15H,4,7-10H2,1H3,(H,16,17). The predicted octanol–water partition coefficient (Wildman–Crippen LogP) is 1.33. The molecule has 1 saturated carbocycles. The van der Waals surface area contributed by atoms with Gasteiger partial charge in [0, 0.05) is 19.0 Å². The topological polar surface area (TPSA) is 75.3 Å². The van der Waals surface area contributed by atoms with E-state index < -0.39 is 10.0 Å². The lowest BCUT2D eigenvalue weighted by molar-refractivity contribution is -0.121. The Morgan fingerprint density at radius 2 is 2.00 bits per heavy atom. The van der Waals surface area contributed by atoms with E-state index in [0.717, 1.165) is 12.8 Å². The largest absolute Gasteiger partial charge is 0.353 e. The Bertz CT molecular complexity index is 580. The fourth-order valence-electron chi connectivity index (χ4n) is 1.92. The van der Waals surface area contributed by atoms with E-state index in [-0.39, 0.29) is 12.5 Å². The van der Waals surface area contributed by atoms with Crippen molar-refractivity contribution in [3.8, 4) is 0 Å². The molecule has 1 fully saturated rings. The van der Waals surface area contributed by atoms with Gasteiger partial charge in [-0.05, 0) is 37.8 Å². The number of nitrogens with one attached hydrogen (secondary N) is 2. The first-order valence-electron chi connectivity index (χ1n) is 6.84. The van der Waals surface area contributed by atoms with Crippen LogP contribution in [0.5, 0.6) is 0 Å². The van der Waals surface area contributed by atoms with Crippen LogP contribution < -0.4 is 10.0 Å². The average Bonchev–Trinajstić information content (AvgIpc) is 3.19. The first kappa shape index (κ1) is 15.0. The molecule has 0 heterocycles. The van der Waals surface area contributed by atoms with Crippen LogP contribution in [0.4, 0.5) is 0 Å². The fraction of sp³-hybridized carbons (Fsp3) is 0.500. The second kappa shape index (κ2) is 6.37. The molecular formula is C14H20N2O3S. The zero-order valence-electron chi connectivity index (χ0n) is 11.6. The zero-order chi connectivity index (χ0) is 14.6. The number of amides is 1. The van der Waals surface area contributed by atoms with E-state index in [1.54, 1.807) is 31.2 Å². The predicted molar refractivity (Wildman–Crippen MR) is 76.8 cm³/mol. The van der Waals surface area contributed by atoms with Gasteiger partial charge in [-0.2, -0.15) is 0 Å². The minimum absolute atomic E-state index is 0.00240. The average molecular weight is 296 g/mol. The summed E-state index contributed by atoms with van der Waals surface area (Å²) in [5.41, 5.74) is 0.714. The van der Waals surface area contributed by atoms with Gasteiger partial charge in [0.2, 0.25) is 15.9 Å². The van der Waals surface area contributed by atoms with Crippen molar-refractivity contribution in [2.75, 3.05) is 6.54 Å². The van der Waals surface area contributed by atoms with Crippen LogP contribution in [0.25, 0.3) is 0 Å². The molecule has 1 aromatic rings. The van der Waals surface area contributed by atoms with E-state index >= 15 is 0 Å². The summed E-state index contributed by atoms with van der Waals surface area (Å²) in [6.07, 6.45) is 2.98. The van der Waals surface area contributed by atoms with Gasteiger partial charge >= 0.3 is 0 Å². The first-order valence-corrected chi connectivity index (χ1v) is 8.32. The van der Waals surface area contributed by atoms with Gasteiger partial charge in [0.05, 0.1) is 4.90 Å². The number of rotatable bonds is 7. The van der Waals surface area contributed by atoms with Crippen LogP contribution >= 0.6 is 0 Å². The molecule has 0 spiro atoms. The molecule has 0 bridgehead atoms. The van der Waals surface area contributed by atoms with E-state index in [2.05, 4.69) is 10.0 Å². The number of benzene rings is 1. The Labute approximate surface area is 119 Å². The van der Waals surface area contributed by atoms with Crippen molar-refractivity contribution in [2.45, 2.75) is 43.5 Å². The summed E-state index contributed by atoms with van der Waals surface area (Å²) in [5.74, 6) is 0.00240. The summed E-state index contributed by atoms with van der Waals surface area (Å²) in [7, 11) is -3.48. The number of carbonyl (C=O) groups is 1. The number of hydrogen-bond donors (Lipinski definition) is 2. The first-order chi connectivity index (χ1) is 9.49. The highest BCUT2D eigenvalue weighted by atomic mass is 32.2. The Balaban J connectivity index is 1.78. The number of carbonyl (C=O) groups excluding carboxylic acids is 1. The molecule has 0 radical (unpaired) electrons. The van der Waals surface area contributed by atoms with Crippen molar-refractivity contribution >= 4 is 15.9 Å². The molecule has 0 saturated heterocycles. The Morgan fingerprint density at radius 3 is 2.65 bits per heavy atom. The highest BCUT2D eigenvalue weighted by Crippen LogP contribution is 2.18. The third-order valence-electron chi connectivity index (χ3n) is 3.20. The van der Waals surface area contributed by atoms with Crippen molar-refractivity contribution < 1.29 is 13.2 Å². The zero-order valence-corrected chi connectivity index (χ0v) is 12.4. The van der Waals surface area contributed by atoms with Crippen LogP contribution in [0.2, 0.25) is 0 Å². The van der Waals surface area contributed by atoms with E-state index in [4.69, 9.17) is 0 Å².